The van der Waals surface area contributed by atoms with Crippen LogP contribution in [0.1, 0.15) is 38.5 Å². The Bertz CT molecular complexity index is 385. The van der Waals surface area contributed by atoms with Crippen molar-refractivity contribution in [1.29, 1.82) is 0 Å². The van der Waals surface area contributed by atoms with Crippen LogP contribution in [0.5, 0.6) is 0 Å². The molecule has 0 bridgehead atoms. The smallest absolute Gasteiger partial charge is 0.306 e. The van der Waals surface area contributed by atoms with Crippen LogP contribution in [0, 0.1) is 22.0 Å². The Morgan fingerprint density at radius 3 is 2.29 bits per heavy atom. The van der Waals surface area contributed by atoms with E-state index < -0.39 is 11.1 Å². The quantitative estimate of drug-likeness (QED) is 0.474. The van der Waals surface area contributed by atoms with Gasteiger partial charge in [-0.2, -0.15) is 0 Å². The van der Waals surface area contributed by atoms with Gasteiger partial charge in [-0.3, -0.25) is 4.79 Å². The molecule has 1 aliphatic carbocycles. The van der Waals surface area contributed by atoms with E-state index in [0.29, 0.717) is 6.04 Å². The second-order valence-corrected chi connectivity index (χ2v) is 6.73. The van der Waals surface area contributed by atoms with Gasteiger partial charge in [0.1, 0.15) is 0 Å². The number of quaternary nitrogens is 1. The summed E-state index contributed by atoms with van der Waals surface area (Å²) >= 11 is 0. The lowest BCUT2D eigenvalue weighted by atomic mass is 9.83. The maximum Gasteiger partial charge on any atom is 0.306 e. The van der Waals surface area contributed by atoms with Crippen molar-refractivity contribution in [3.05, 3.63) is 10.1 Å². The summed E-state index contributed by atoms with van der Waals surface area (Å²) in [6, 6.07) is 0.562. The molecular weight excluding hydrogens is 276 g/mol. The Kier molecular flexibility index (Phi) is 5.03. The van der Waals surface area contributed by atoms with Crippen LogP contribution < -0.4 is 0 Å². The number of hydrogen-bond donors (Lipinski definition) is 1. The molecule has 0 aromatic carbocycles. The van der Waals surface area contributed by atoms with Crippen LogP contribution in [0.25, 0.3) is 0 Å². The summed E-state index contributed by atoms with van der Waals surface area (Å²) in [7, 11) is 2.23. The van der Waals surface area contributed by atoms with E-state index in [4.69, 9.17) is 5.11 Å². The molecule has 0 amide bonds. The largest absolute Gasteiger partial charge is 0.481 e. The third-order valence-corrected chi connectivity index (χ3v) is 5.44. The van der Waals surface area contributed by atoms with Gasteiger partial charge in [0.15, 0.2) is 0 Å². The first-order chi connectivity index (χ1) is 9.90. The second-order valence-electron chi connectivity index (χ2n) is 6.73. The van der Waals surface area contributed by atoms with Crippen molar-refractivity contribution in [3.63, 3.8) is 0 Å². The van der Waals surface area contributed by atoms with Crippen molar-refractivity contribution in [2.45, 2.75) is 44.6 Å². The number of carboxylic acids is 1. The molecule has 21 heavy (non-hydrogen) atoms. The maximum atomic E-state index is 11.0. The monoisotopic (exact) mass is 301 g/mol. The van der Waals surface area contributed by atoms with Crippen molar-refractivity contribution < 1.29 is 24.3 Å². The Labute approximate surface area is 124 Å². The van der Waals surface area contributed by atoms with Crippen molar-refractivity contribution in [2.24, 2.45) is 11.8 Å². The molecule has 1 N–H and O–H groups in total. The molecule has 0 radical (unpaired) electrons. The van der Waals surface area contributed by atoms with E-state index >= 15 is 0 Å². The fraction of sp³-hybridized carbons (Fsp3) is 0.929. The third-order valence-electron chi connectivity index (χ3n) is 5.44. The van der Waals surface area contributed by atoms with Gasteiger partial charge >= 0.3 is 5.97 Å². The van der Waals surface area contributed by atoms with Crippen molar-refractivity contribution >= 4 is 5.97 Å². The molecule has 0 aromatic heterocycles. The van der Waals surface area contributed by atoms with Crippen molar-refractivity contribution in [2.75, 3.05) is 26.7 Å². The predicted octanol–water partition coefficient (Wildman–Crippen LogP) is 1.69. The van der Waals surface area contributed by atoms with Crippen LogP contribution in [0.2, 0.25) is 0 Å². The van der Waals surface area contributed by atoms with Gasteiger partial charge in [0, 0.05) is 12.8 Å². The highest BCUT2D eigenvalue weighted by atomic mass is 16.9. The lowest BCUT2D eigenvalue weighted by molar-refractivity contribution is -0.939. The van der Waals surface area contributed by atoms with Gasteiger partial charge < -0.3 is 14.4 Å². The summed E-state index contributed by atoms with van der Waals surface area (Å²) in [5.41, 5.74) is 0. The minimum Gasteiger partial charge on any atom is -0.481 e. The van der Waals surface area contributed by atoms with Gasteiger partial charge in [0.25, 0.3) is 5.09 Å². The summed E-state index contributed by atoms with van der Waals surface area (Å²) in [5.74, 6) is -0.558. The van der Waals surface area contributed by atoms with Crippen molar-refractivity contribution in [3.8, 4) is 0 Å². The highest BCUT2D eigenvalue weighted by molar-refractivity contribution is 5.69. The molecule has 1 saturated heterocycles. The van der Waals surface area contributed by atoms with Crippen LogP contribution in [-0.4, -0.2) is 53.4 Å². The Morgan fingerprint density at radius 1 is 1.24 bits per heavy atom. The molecule has 2 rings (SSSR count). The molecule has 7 heteroatoms. The number of carbonyl (C=O) groups is 1. The van der Waals surface area contributed by atoms with E-state index in [9.17, 15) is 14.9 Å². The van der Waals surface area contributed by atoms with E-state index in [0.717, 1.165) is 56.1 Å². The number of aliphatic carboxylic acids is 1. The molecule has 0 unspecified atom stereocenters. The predicted molar refractivity (Wildman–Crippen MR) is 75.0 cm³/mol. The average Bonchev–Trinajstić information content (AvgIpc) is 2.46. The average molecular weight is 301 g/mol. The first-order valence-corrected chi connectivity index (χ1v) is 7.75. The normalized spacial score (nSPS) is 36.9. The highest BCUT2D eigenvalue weighted by Crippen LogP contribution is 2.34. The fourth-order valence-corrected chi connectivity index (χ4v) is 3.87. The van der Waals surface area contributed by atoms with Gasteiger partial charge in [-0.15, -0.1) is 10.1 Å². The molecule has 0 spiro atoms. The van der Waals surface area contributed by atoms with E-state index in [1.54, 1.807) is 0 Å². The third kappa shape index (κ3) is 4.06. The minimum absolute atomic E-state index is 0.180. The summed E-state index contributed by atoms with van der Waals surface area (Å²) in [5, 5.41) is 18.6. The number of likely N-dealkylation sites (tertiary alicyclic amines) is 1. The number of carboxylic acid groups (broad SMARTS) is 1. The molecular formula is C14H25N2O5+. The standard InChI is InChI=1S/C14H24N2O5/c1-16(8-6-12(7-9-16)14(17)18)13-4-2-11(3-5-13)10-21-15(19)20/h11-13H,2-10H2,1H3/p+1. The fourth-order valence-electron chi connectivity index (χ4n) is 3.87. The van der Waals surface area contributed by atoms with Crippen LogP contribution in [0.3, 0.4) is 0 Å². The van der Waals surface area contributed by atoms with E-state index in [1.807, 2.05) is 0 Å². The first-order valence-electron chi connectivity index (χ1n) is 7.75. The van der Waals surface area contributed by atoms with Gasteiger partial charge in [0.05, 0.1) is 38.7 Å². The summed E-state index contributed by atoms with van der Waals surface area (Å²) in [6.45, 7) is 2.07. The Hall–Kier alpha value is -1.37. The molecule has 1 heterocycles. The number of rotatable bonds is 5. The maximum absolute atomic E-state index is 11.0. The second kappa shape index (κ2) is 6.60. The van der Waals surface area contributed by atoms with Crippen LogP contribution in [-0.2, 0) is 9.63 Å². The number of hydrogen-bond acceptors (Lipinski definition) is 4. The molecule has 1 saturated carbocycles. The zero-order valence-corrected chi connectivity index (χ0v) is 12.6. The van der Waals surface area contributed by atoms with E-state index in [2.05, 4.69) is 11.9 Å². The molecule has 0 aromatic rings. The SMILES string of the molecule is C[N+]1(C2CCC(CO[N+](=O)[O-])CC2)CCC(C(=O)O)CC1. The molecule has 2 aliphatic rings. The van der Waals surface area contributed by atoms with Gasteiger partial charge in [0.2, 0.25) is 0 Å². The topological polar surface area (TPSA) is 89.7 Å². The zero-order valence-electron chi connectivity index (χ0n) is 12.6. The number of piperidine rings is 1. The molecule has 0 atom stereocenters. The highest BCUT2D eigenvalue weighted by Gasteiger charge is 2.40. The van der Waals surface area contributed by atoms with Crippen molar-refractivity contribution in [1.82, 2.24) is 0 Å². The lowest BCUT2D eigenvalue weighted by Crippen LogP contribution is -2.57. The summed E-state index contributed by atoms with van der Waals surface area (Å²) in [4.78, 5) is 25.7. The molecule has 120 valence electrons. The van der Waals surface area contributed by atoms with E-state index in [-0.39, 0.29) is 18.4 Å². The van der Waals surface area contributed by atoms with Crippen LogP contribution in [0.15, 0.2) is 0 Å². The van der Waals surface area contributed by atoms with Crippen LogP contribution >= 0.6 is 0 Å². The van der Waals surface area contributed by atoms with Gasteiger partial charge in [-0.1, -0.05) is 0 Å². The molecule has 2 fully saturated rings. The summed E-state index contributed by atoms with van der Waals surface area (Å²) < 4.78 is 0.965. The first kappa shape index (κ1) is 16.0. The van der Waals surface area contributed by atoms with Crippen LogP contribution in [0.4, 0.5) is 0 Å². The Balaban J connectivity index is 1.79. The minimum atomic E-state index is -0.712. The molecule has 7 nitrogen and oxygen atoms in total. The van der Waals surface area contributed by atoms with Gasteiger partial charge in [-0.05, 0) is 31.6 Å². The zero-order chi connectivity index (χ0) is 15.5. The lowest BCUT2D eigenvalue weighted by Gasteiger charge is -2.47. The summed E-state index contributed by atoms with van der Waals surface area (Å²) in [6.07, 6.45) is 5.57. The number of nitrogens with zero attached hydrogens (tertiary/aromatic N) is 2. The Morgan fingerprint density at radius 2 is 1.81 bits per heavy atom. The van der Waals surface area contributed by atoms with Gasteiger partial charge in [-0.25, -0.2) is 0 Å². The molecule has 1 aliphatic heterocycles. The van der Waals surface area contributed by atoms with E-state index in [1.165, 1.54) is 0 Å².